The van der Waals surface area contributed by atoms with Crippen molar-refractivity contribution >= 4 is 15.9 Å². The Morgan fingerprint density at radius 2 is 2.17 bits per heavy atom. The minimum absolute atomic E-state index is 0.00917. The lowest BCUT2D eigenvalue weighted by atomic mass is 9.98. The predicted molar refractivity (Wildman–Crippen MR) is 79.2 cm³/mol. The summed E-state index contributed by atoms with van der Waals surface area (Å²) in [5.74, 6) is -0.171. The molecule has 100 valence electrons. The lowest BCUT2D eigenvalue weighted by molar-refractivity contribution is 0.491. The average molecular weight is 314 g/mol. The molecule has 1 aromatic rings. The predicted octanol–water partition coefficient (Wildman–Crippen LogP) is 4.99. The zero-order valence-corrected chi connectivity index (χ0v) is 12.7. The molecule has 1 aromatic carbocycles. The van der Waals surface area contributed by atoms with Gasteiger partial charge in [-0.2, -0.15) is 0 Å². The molecule has 1 atom stereocenters. The number of nitrogens with one attached hydrogen (secondary N) is 1. The van der Waals surface area contributed by atoms with Crippen molar-refractivity contribution in [3.63, 3.8) is 0 Å². The van der Waals surface area contributed by atoms with Gasteiger partial charge in [-0.15, -0.1) is 0 Å². The van der Waals surface area contributed by atoms with Gasteiger partial charge in [0, 0.05) is 11.6 Å². The summed E-state index contributed by atoms with van der Waals surface area (Å²) in [5, 5.41) is 3.40. The van der Waals surface area contributed by atoms with Crippen LogP contribution in [0.2, 0.25) is 0 Å². The van der Waals surface area contributed by atoms with Crippen LogP contribution in [-0.2, 0) is 0 Å². The minimum atomic E-state index is -0.171. The highest BCUT2D eigenvalue weighted by atomic mass is 79.9. The molecule has 0 radical (unpaired) electrons. The van der Waals surface area contributed by atoms with E-state index in [9.17, 15) is 4.39 Å². The molecule has 0 heterocycles. The van der Waals surface area contributed by atoms with Gasteiger partial charge in [0.05, 0.1) is 4.47 Å². The highest BCUT2D eigenvalue weighted by Gasteiger charge is 2.17. The van der Waals surface area contributed by atoms with E-state index >= 15 is 0 Å². The third kappa shape index (κ3) is 4.21. The van der Waals surface area contributed by atoms with E-state index in [1.165, 1.54) is 0 Å². The zero-order chi connectivity index (χ0) is 13.5. The summed E-state index contributed by atoms with van der Waals surface area (Å²) < 4.78 is 14.6. The summed E-state index contributed by atoms with van der Waals surface area (Å²) in [5.41, 5.74) is 1.86. The Kier molecular flexibility index (Phi) is 6.58. The van der Waals surface area contributed by atoms with Gasteiger partial charge in [-0.05, 0) is 47.8 Å². The van der Waals surface area contributed by atoms with Crippen molar-refractivity contribution in [3.05, 3.63) is 46.2 Å². The standard InChI is InChI=1S/C15H21BrFN/c1-4-9-18-14(10-11(3)5-2)12-7-6-8-13(16)15(12)17/h6-8,14,18H,3-5,9-10H2,1-2H3. The summed E-state index contributed by atoms with van der Waals surface area (Å²) in [6, 6.07) is 5.45. The van der Waals surface area contributed by atoms with Crippen LogP contribution in [0, 0.1) is 5.82 Å². The number of benzene rings is 1. The molecule has 1 nitrogen and oxygen atoms in total. The van der Waals surface area contributed by atoms with Crippen LogP contribution in [0.15, 0.2) is 34.8 Å². The van der Waals surface area contributed by atoms with Crippen LogP contribution in [0.3, 0.4) is 0 Å². The molecule has 0 bridgehead atoms. The van der Waals surface area contributed by atoms with Crippen LogP contribution >= 0.6 is 15.9 Å². The van der Waals surface area contributed by atoms with Crippen LogP contribution in [0.25, 0.3) is 0 Å². The second kappa shape index (κ2) is 7.70. The number of rotatable bonds is 7. The first-order chi connectivity index (χ1) is 8.60. The van der Waals surface area contributed by atoms with E-state index in [0.717, 1.165) is 31.4 Å². The maximum Gasteiger partial charge on any atom is 0.142 e. The minimum Gasteiger partial charge on any atom is -0.310 e. The first-order valence-corrected chi connectivity index (χ1v) is 7.23. The quantitative estimate of drug-likeness (QED) is 0.700. The molecule has 0 saturated heterocycles. The van der Waals surface area contributed by atoms with Gasteiger partial charge in [0.15, 0.2) is 0 Å². The van der Waals surface area contributed by atoms with Crippen LogP contribution in [-0.4, -0.2) is 6.54 Å². The first-order valence-electron chi connectivity index (χ1n) is 6.44. The third-order valence-electron chi connectivity index (χ3n) is 2.99. The summed E-state index contributed by atoms with van der Waals surface area (Å²) >= 11 is 3.24. The molecule has 18 heavy (non-hydrogen) atoms. The smallest absolute Gasteiger partial charge is 0.142 e. The second-order valence-corrected chi connectivity index (χ2v) is 5.31. The molecule has 0 aliphatic rings. The maximum atomic E-state index is 14.1. The van der Waals surface area contributed by atoms with Crippen LogP contribution in [0.5, 0.6) is 0 Å². The van der Waals surface area contributed by atoms with Crippen LogP contribution in [0.4, 0.5) is 4.39 Å². The third-order valence-corrected chi connectivity index (χ3v) is 3.60. The molecule has 0 aromatic heterocycles. The van der Waals surface area contributed by atoms with Crippen LogP contribution < -0.4 is 5.32 Å². The molecule has 0 amide bonds. The van der Waals surface area contributed by atoms with Gasteiger partial charge in [0.1, 0.15) is 5.82 Å². The summed E-state index contributed by atoms with van der Waals surface area (Å²) in [6.07, 6.45) is 2.74. The van der Waals surface area contributed by atoms with E-state index in [0.29, 0.717) is 10.0 Å². The van der Waals surface area contributed by atoms with Crippen molar-refractivity contribution in [2.75, 3.05) is 6.54 Å². The molecule has 0 aliphatic heterocycles. The molecular weight excluding hydrogens is 293 g/mol. The highest BCUT2D eigenvalue weighted by Crippen LogP contribution is 2.28. The Morgan fingerprint density at radius 1 is 1.44 bits per heavy atom. The average Bonchev–Trinajstić information content (AvgIpc) is 2.37. The van der Waals surface area contributed by atoms with Gasteiger partial charge in [-0.25, -0.2) is 4.39 Å². The van der Waals surface area contributed by atoms with E-state index in [1.54, 1.807) is 6.07 Å². The van der Waals surface area contributed by atoms with Gasteiger partial charge in [0.25, 0.3) is 0 Å². The van der Waals surface area contributed by atoms with E-state index in [-0.39, 0.29) is 11.9 Å². The highest BCUT2D eigenvalue weighted by molar-refractivity contribution is 9.10. The molecule has 3 heteroatoms. The normalized spacial score (nSPS) is 12.4. The van der Waals surface area contributed by atoms with Crippen molar-refractivity contribution < 1.29 is 4.39 Å². The lowest BCUT2D eigenvalue weighted by Crippen LogP contribution is -2.23. The van der Waals surface area contributed by atoms with Gasteiger partial charge < -0.3 is 5.32 Å². The van der Waals surface area contributed by atoms with Gasteiger partial charge in [-0.1, -0.05) is 38.1 Å². The van der Waals surface area contributed by atoms with Crippen molar-refractivity contribution in [2.45, 2.75) is 39.2 Å². The van der Waals surface area contributed by atoms with E-state index in [2.05, 4.69) is 41.7 Å². The summed E-state index contributed by atoms with van der Waals surface area (Å²) in [6.45, 7) is 9.09. The fourth-order valence-electron chi connectivity index (χ4n) is 1.83. The molecular formula is C15H21BrFN. The number of halogens is 2. The monoisotopic (exact) mass is 313 g/mol. The Bertz CT molecular complexity index is 403. The number of hydrogen-bond donors (Lipinski definition) is 1. The molecule has 1 unspecified atom stereocenters. The fraction of sp³-hybridized carbons (Fsp3) is 0.467. The van der Waals surface area contributed by atoms with E-state index < -0.39 is 0 Å². The lowest BCUT2D eigenvalue weighted by Gasteiger charge is -2.21. The Balaban J connectivity index is 2.93. The van der Waals surface area contributed by atoms with Crippen LogP contribution in [0.1, 0.15) is 44.7 Å². The fourth-order valence-corrected chi connectivity index (χ4v) is 2.21. The maximum absolute atomic E-state index is 14.1. The van der Waals surface area contributed by atoms with Gasteiger partial charge in [-0.3, -0.25) is 0 Å². The second-order valence-electron chi connectivity index (χ2n) is 4.46. The SMILES string of the molecule is C=C(CC)CC(NCCC)c1cccc(Br)c1F. The van der Waals surface area contributed by atoms with Gasteiger partial charge in [0.2, 0.25) is 0 Å². The van der Waals surface area contributed by atoms with Crippen molar-refractivity contribution in [1.29, 1.82) is 0 Å². The van der Waals surface area contributed by atoms with Crippen molar-refractivity contribution in [2.24, 2.45) is 0 Å². The van der Waals surface area contributed by atoms with E-state index in [4.69, 9.17) is 0 Å². The molecule has 0 aliphatic carbocycles. The number of hydrogen-bond acceptors (Lipinski definition) is 1. The van der Waals surface area contributed by atoms with Crippen molar-refractivity contribution in [3.8, 4) is 0 Å². The topological polar surface area (TPSA) is 12.0 Å². The molecule has 1 rings (SSSR count). The Morgan fingerprint density at radius 3 is 2.78 bits per heavy atom. The first kappa shape index (κ1) is 15.4. The van der Waals surface area contributed by atoms with E-state index in [1.807, 2.05) is 12.1 Å². The largest absolute Gasteiger partial charge is 0.310 e. The molecule has 1 N–H and O–H groups in total. The van der Waals surface area contributed by atoms with Crippen molar-refractivity contribution in [1.82, 2.24) is 5.32 Å². The molecule has 0 saturated carbocycles. The molecule has 0 spiro atoms. The summed E-state index contributed by atoms with van der Waals surface area (Å²) in [7, 11) is 0. The Labute approximate surface area is 118 Å². The Hall–Kier alpha value is -0.670. The zero-order valence-electron chi connectivity index (χ0n) is 11.1. The summed E-state index contributed by atoms with van der Waals surface area (Å²) in [4.78, 5) is 0. The molecule has 0 fully saturated rings. The van der Waals surface area contributed by atoms with Gasteiger partial charge >= 0.3 is 0 Å².